The molecule has 0 bridgehead atoms. The van der Waals surface area contributed by atoms with Crippen LogP contribution in [0.2, 0.25) is 0 Å². The van der Waals surface area contributed by atoms with E-state index in [1.165, 1.54) is 24.5 Å². The number of aromatic amines is 1. The van der Waals surface area contributed by atoms with Crippen molar-refractivity contribution in [3.8, 4) is 11.1 Å². The first-order valence-corrected chi connectivity index (χ1v) is 4.31. The predicted octanol–water partition coefficient (Wildman–Crippen LogP) is 2.07. The molecule has 7 heteroatoms. The molecule has 4 nitrogen and oxygen atoms in total. The van der Waals surface area contributed by atoms with Gasteiger partial charge < -0.3 is 5.73 Å². The molecule has 0 aromatic carbocycles. The molecule has 0 fully saturated rings. The first-order valence-electron chi connectivity index (χ1n) is 4.31. The van der Waals surface area contributed by atoms with Gasteiger partial charge in [-0.3, -0.25) is 10.1 Å². The minimum atomic E-state index is -4.54. The molecule has 0 aliphatic heterocycles. The average molecular weight is 228 g/mol. The van der Waals surface area contributed by atoms with Crippen LogP contribution >= 0.6 is 0 Å². The normalized spacial score (nSPS) is 11.7. The van der Waals surface area contributed by atoms with Gasteiger partial charge in [-0.15, -0.1) is 0 Å². The number of rotatable bonds is 1. The zero-order chi connectivity index (χ0) is 11.8. The van der Waals surface area contributed by atoms with Crippen molar-refractivity contribution in [3.05, 3.63) is 30.2 Å². The van der Waals surface area contributed by atoms with Gasteiger partial charge in [-0.2, -0.15) is 18.3 Å². The third kappa shape index (κ3) is 1.71. The number of halogens is 3. The van der Waals surface area contributed by atoms with Crippen molar-refractivity contribution in [3.63, 3.8) is 0 Å². The Morgan fingerprint density at radius 1 is 1.31 bits per heavy atom. The lowest BCUT2D eigenvalue weighted by atomic mass is 10.1. The van der Waals surface area contributed by atoms with E-state index in [2.05, 4.69) is 15.2 Å². The van der Waals surface area contributed by atoms with E-state index in [1.54, 1.807) is 0 Å². The summed E-state index contributed by atoms with van der Waals surface area (Å²) in [6.45, 7) is 0. The summed E-state index contributed by atoms with van der Waals surface area (Å²) < 4.78 is 37.8. The highest BCUT2D eigenvalue weighted by Gasteiger charge is 2.38. The predicted molar refractivity (Wildman–Crippen MR) is 51.2 cm³/mol. The third-order valence-electron chi connectivity index (χ3n) is 2.01. The maximum atomic E-state index is 12.6. The van der Waals surface area contributed by atoms with Crippen LogP contribution in [-0.4, -0.2) is 15.2 Å². The largest absolute Gasteiger partial charge is 0.435 e. The number of nitrogens with two attached hydrogens (primary N) is 1. The fraction of sp³-hybridized carbons (Fsp3) is 0.111. The quantitative estimate of drug-likeness (QED) is 0.785. The summed E-state index contributed by atoms with van der Waals surface area (Å²) >= 11 is 0. The second kappa shape index (κ2) is 3.51. The molecule has 0 aliphatic rings. The number of alkyl halides is 3. The molecular formula is C9H7F3N4. The highest BCUT2D eigenvalue weighted by Crippen LogP contribution is 2.37. The smallest absolute Gasteiger partial charge is 0.384 e. The Kier molecular flexibility index (Phi) is 2.30. The van der Waals surface area contributed by atoms with Crippen LogP contribution < -0.4 is 5.73 Å². The second-order valence-corrected chi connectivity index (χ2v) is 3.10. The lowest BCUT2D eigenvalue weighted by molar-refractivity contribution is -0.140. The van der Waals surface area contributed by atoms with Gasteiger partial charge in [0.05, 0.1) is 5.56 Å². The monoisotopic (exact) mass is 228 g/mol. The molecule has 0 saturated heterocycles. The molecule has 0 atom stereocenters. The number of hydrogen-bond acceptors (Lipinski definition) is 3. The Bertz CT molecular complexity index is 489. The Balaban J connectivity index is 2.61. The van der Waals surface area contributed by atoms with E-state index in [-0.39, 0.29) is 16.9 Å². The van der Waals surface area contributed by atoms with E-state index in [1.807, 2.05) is 0 Å². The van der Waals surface area contributed by atoms with Crippen molar-refractivity contribution in [2.24, 2.45) is 0 Å². The third-order valence-corrected chi connectivity index (χ3v) is 2.01. The molecule has 0 aliphatic carbocycles. The van der Waals surface area contributed by atoms with Crippen molar-refractivity contribution in [2.75, 3.05) is 5.73 Å². The molecular weight excluding hydrogens is 221 g/mol. The second-order valence-electron chi connectivity index (χ2n) is 3.10. The minimum absolute atomic E-state index is 0.125. The molecule has 2 rings (SSSR count). The maximum Gasteiger partial charge on any atom is 0.435 e. The highest BCUT2D eigenvalue weighted by molar-refractivity contribution is 5.76. The van der Waals surface area contributed by atoms with Crippen LogP contribution in [0.1, 0.15) is 5.69 Å². The summed E-state index contributed by atoms with van der Waals surface area (Å²) in [6.07, 6.45) is -1.78. The number of hydrogen-bond donors (Lipinski definition) is 2. The van der Waals surface area contributed by atoms with E-state index in [9.17, 15) is 13.2 Å². The lowest BCUT2D eigenvalue weighted by Gasteiger charge is -2.06. The van der Waals surface area contributed by atoms with Crippen molar-refractivity contribution in [1.29, 1.82) is 0 Å². The van der Waals surface area contributed by atoms with Crippen molar-refractivity contribution < 1.29 is 13.2 Å². The Labute approximate surface area is 88.3 Å². The van der Waals surface area contributed by atoms with Crippen molar-refractivity contribution in [1.82, 2.24) is 15.2 Å². The zero-order valence-corrected chi connectivity index (χ0v) is 7.92. The molecule has 0 radical (unpaired) electrons. The van der Waals surface area contributed by atoms with Crippen LogP contribution in [0, 0.1) is 0 Å². The first-order chi connectivity index (χ1) is 7.50. The number of H-pyrrole nitrogens is 1. The maximum absolute atomic E-state index is 12.6. The fourth-order valence-electron chi connectivity index (χ4n) is 1.36. The lowest BCUT2D eigenvalue weighted by Crippen LogP contribution is -2.07. The van der Waals surface area contributed by atoms with Gasteiger partial charge in [-0.05, 0) is 6.07 Å². The van der Waals surface area contributed by atoms with Crippen LogP contribution in [0.3, 0.4) is 0 Å². The number of nitrogens with one attached hydrogen (secondary N) is 1. The topological polar surface area (TPSA) is 67.6 Å². The summed E-state index contributed by atoms with van der Waals surface area (Å²) in [5.74, 6) is -0.125. The average Bonchev–Trinajstić information content (AvgIpc) is 2.61. The van der Waals surface area contributed by atoms with Crippen LogP contribution in [-0.2, 0) is 6.18 Å². The number of aromatic nitrogens is 3. The summed E-state index contributed by atoms with van der Waals surface area (Å²) in [4.78, 5) is 3.74. The summed E-state index contributed by atoms with van der Waals surface area (Å²) in [7, 11) is 0. The zero-order valence-electron chi connectivity index (χ0n) is 7.92. The number of anilines is 1. The van der Waals surface area contributed by atoms with E-state index in [4.69, 9.17) is 5.73 Å². The molecule has 0 amide bonds. The molecule has 3 N–H and O–H groups in total. The van der Waals surface area contributed by atoms with Crippen molar-refractivity contribution in [2.45, 2.75) is 6.18 Å². The Morgan fingerprint density at radius 2 is 2.06 bits per heavy atom. The van der Waals surface area contributed by atoms with Crippen LogP contribution in [0.5, 0.6) is 0 Å². The molecule has 2 aromatic rings. The van der Waals surface area contributed by atoms with Gasteiger partial charge >= 0.3 is 6.18 Å². The number of pyridine rings is 1. The van der Waals surface area contributed by atoms with Gasteiger partial charge in [0.1, 0.15) is 5.82 Å². The van der Waals surface area contributed by atoms with Gasteiger partial charge in [-0.25, -0.2) is 0 Å². The Morgan fingerprint density at radius 3 is 2.62 bits per heavy atom. The molecule has 0 saturated carbocycles. The van der Waals surface area contributed by atoms with Gasteiger partial charge in [0.25, 0.3) is 0 Å². The molecule has 84 valence electrons. The van der Waals surface area contributed by atoms with E-state index >= 15 is 0 Å². The standard InChI is InChI=1S/C9H7F3N4/c10-9(11,12)7-6(8(13)16-15-7)5-2-1-3-14-4-5/h1-4H,(H3,13,15,16). The molecule has 0 spiro atoms. The number of nitrogen functional groups attached to an aromatic ring is 1. The highest BCUT2D eigenvalue weighted by atomic mass is 19.4. The fourth-order valence-corrected chi connectivity index (χ4v) is 1.36. The van der Waals surface area contributed by atoms with Crippen LogP contribution in [0.15, 0.2) is 24.5 Å². The van der Waals surface area contributed by atoms with E-state index in [0.717, 1.165) is 0 Å². The van der Waals surface area contributed by atoms with E-state index < -0.39 is 11.9 Å². The van der Waals surface area contributed by atoms with Crippen molar-refractivity contribution >= 4 is 5.82 Å². The molecule has 16 heavy (non-hydrogen) atoms. The minimum Gasteiger partial charge on any atom is -0.384 e. The van der Waals surface area contributed by atoms with Gasteiger partial charge in [-0.1, -0.05) is 6.07 Å². The molecule has 2 heterocycles. The number of nitrogens with zero attached hydrogens (tertiary/aromatic N) is 2. The summed E-state index contributed by atoms with van der Waals surface area (Å²) in [5, 5.41) is 5.28. The SMILES string of the molecule is Nc1[nH]nc(C(F)(F)F)c1-c1cccnc1. The van der Waals surface area contributed by atoms with Gasteiger partial charge in [0.15, 0.2) is 5.69 Å². The van der Waals surface area contributed by atoms with Crippen LogP contribution in [0.25, 0.3) is 11.1 Å². The van der Waals surface area contributed by atoms with E-state index in [0.29, 0.717) is 0 Å². The molecule has 2 aromatic heterocycles. The molecule has 0 unspecified atom stereocenters. The first kappa shape index (κ1) is 10.5. The van der Waals surface area contributed by atoms with Gasteiger partial charge in [0, 0.05) is 18.0 Å². The summed E-state index contributed by atoms with van der Waals surface area (Å²) in [6, 6.07) is 3.02. The van der Waals surface area contributed by atoms with Crippen LogP contribution in [0.4, 0.5) is 19.0 Å². The Hall–Kier alpha value is -2.05. The summed E-state index contributed by atoms with van der Waals surface area (Å²) in [5.41, 5.74) is 4.51. The van der Waals surface area contributed by atoms with Gasteiger partial charge in [0.2, 0.25) is 0 Å².